The number of rotatable bonds is 24. The van der Waals surface area contributed by atoms with Gasteiger partial charge in [-0.2, -0.15) is 37.9 Å². The summed E-state index contributed by atoms with van der Waals surface area (Å²) < 4.78 is 30.3. The molecule has 0 saturated heterocycles. The van der Waals surface area contributed by atoms with Crippen molar-refractivity contribution in [1.29, 1.82) is 0 Å². The van der Waals surface area contributed by atoms with E-state index in [4.69, 9.17) is 28.4 Å². The van der Waals surface area contributed by atoms with Crippen molar-refractivity contribution in [2.24, 2.45) is 0 Å². The molecule has 12 nitrogen and oxygen atoms in total. The number of carbonyl (C=O) groups is 3. The predicted molar refractivity (Wildman–Crippen MR) is 155 cm³/mol. The van der Waals surface area contributed by atoms with Crippen molar-refractivity contribution >= 4 is 80.2 Å². The van der Waals surface area contributed by atoms with E-state index in [0.717, 1.165) is 0 Å². The first-order valence-electron chi connectivity index (χ1n) is 12.7. The number of hydrogen-bond acceptors (Lipinski definition) is 15. The molecule has 0 rings (SSSR count). The van der Waals surface area contributed by atoms with Gasteiger partial charge in [0.1, 0.15) is 0 Å². The average molecular weight is 744 g/mol. The number of carboxylic acids is 3. The van der Waals surface area contributed by atoms with Crippen LogP contribution in [0.15, 0.2) is 0 Å². The molecular formula is C24H45O12S3Sb. The van der Waals surface area contributed by atoms with E-state index in [1.165, 1.54) is 0 Å². The van der Waals surface area contributed by atoms with Gasteiger partial charge in [-0.1, -0.05) is 0 Å². The van der Waals surface area contributed by atoms with Crippen molar-refractivity contribution in [2.75, 3.05) is 79.3 Å². The molecule has 0 aliphatic rings. The second-order valence-electron chi connectivity index (χ2n) is 7.30. The summed E-state index contributed by atoms with van der Waals surface area (Å²) in [6.07, 6.45) is 1.08. The van der Waals surface area contributed by atoms with Crippen LogP contribution >= 0.6 is 37.9 Å². The van der Waals surface area contributed by atoms with Crippen LogP contribution in [0.2, 0.25) is 0 Å². The minimum absolute atomic E-state index is 0. The maximum Gasteiger partial charge on any atom is 3.00 e. The van der Waals surface area contributed by atoms with Gasteiger partial charge in [-0.3, -0.25) is 0 Å². The van der Waals surface area contributed by atoms with Crippen molar-refractivity contribution < 1.29 is 58.1 Å². The molecule has 0 fully saturated rings. The van der Waals surface area contributed by atoms with Crippen LogP contribution in [-0.4, -0.2) is 137 Å². The van der Waals surface area contributed by atoms with Gasteiger partial charge in [0.05, 0.1) is 57.5 Å². The Bertz CT molecular complexity index is 503. The van der Waals surface area contributed by atoms with Crippen LogP contribution in [0.5, 0.6) is 0 Å². The van der Waals surface area contributed by atoms with Crippen LogP contribution in [0.1, 0.15) is 40.0 Å². The number of carbonyl (C=O) groups excluding carboxylic acids is 3. The van der Waals surface area contributed by atoms with E-state index in [1.807, 2.05) is 20.8 Å². The Morgan fingerprint density at radius 3 is 0.850 bits per heavy atom. The van der Waals surface area contributed by atoms with Crippen molar-refractivity contribution in [3.63, 3.8) is 0 Å². The van der Waals surface area contributed by atoms with Crippen LogP contribution in [0.25, 0.3) is 0 Å². The normalized spacial score (nSPS) is 12.4. The molecule has 0 aromatic rings. The molecule has 0 heterocycles. The van der Waals surface area contributed by atoms with Gasteiger partial charge in [0.15, 0.2) is 0 Å². The molecule has 40 heavy (non-hydrogen) atoms. The first-order chi connectivity index (χ1) is 18.5. The van der Waals surface area contributed by atoms with E-state index in [0.29, 0.717) is 98.5 Å². The van der Waals surface area contributed by atoms with E-state index >= 15 is 0 Å². The second-order valence-corrected chi connectivity index (χ2v) is 9.17. The molecule has 16 heteroatoms. The minimum Gasteiger partial charge on any atom is -0.549 e. The molecule has 0 spiro atoms. The zero-order chi connectivity index (χ0) is 30.3. The fraction of sp³-hybridized carbons (Fsp3) is 0.875. The van der Waals surface area contributed by atoms with Gasteiger partial charge in [0, 0.05) is 55.4 Å². The van der Waals surface area contributed by atoms with E-state index in [2.05, 4.69) is 37.9 Å². The Hall–Kier alpha value is 0.0382. The minimum atomic E-state index is -1.16. The molecule has 3 unspecified atom stereocenters. The average Bonchev–Trinajstić information content (AvgIpc) is 2.90. The second kappa shape index (κ2) is 37.1. The molecule has 0 aliphatic carbocycles. The van der Waals surface area contributed by atoms with Crippen molar-refractivity contribution in [2.45, 2.75) is 55.8 Å². The first-order valence-corrected chi connectivity index (χ1v) is 14.2. The molecule has 0 aromatic heterocycles. The number of hydrogen-bond donors (Lipinski definition) is 3. The molecule has 0 saturated carbocycles. The van der Waals surface area contributed by atoms with Crippen LogP contribution in [0.4, 0.5) is 0 Å². The third kappa shape index (κ3) is 40.2. The van der Waals surface area contributed by atoms with E-state index in [-0.39, 0.29) is 24.4 Å². The van der Waals surface area contributed by atoms with E-state index in [1.54, 1.807) is 0 Å². The van der Waals surface area contributed by atoms with Gasteiger partial charge in [0.25, 0.3) is 0 Å². The molecule has 2 radical (unpaired) electrons. The standard InChI is InChI=1S/3C8H16O4S.Sb/c3*1-2-11-5-6-12-4-3-7(13)8(9)10;/h3*7,13H,2-6H2,1H3,(H,9,10);/q;;;+3/p-3. The largest absolute Gasteiger partial charge is 3.00 e. The molecule has 236 valence electrons. The van der Waals surface area contributed by atoms with Gasteiger partial charge in [-0.15, -0.1) is 0 Å². The van der Waals surface area contributed by atoms with E-state index < -0.39 is 33.7 Å². The maximum atomic E-state index is 10.2. The van der Waals surface area contributed by atoms with Crippen LogP contribution in [0, 0.1) is 0 Å². The molecular weight excluding hydrogens is 698 g/mol. The summed E-state index contributed by atoms with van der Waals surface area (Å²) in [7, 11) is 0. The van der Waals surface area contributed by atoms with Gasteiger partial charge in [-0.25, -0.2) is 0 Å². The summed E-state index contributed by atoms with van der Waals surface area (Å²) in [5, 5.41) is 28.4. The zero-order valence-electron chi connectivity index (χ0n) is 23.5. The molecule has 3 atom stereocenters. The van der Waals surface area contributed by atoms with Crippen LogP contribution in [-0.2, 0) is 42.8 Å². The number of thiol groups is 3. The quantitative estimate of drug-likeness (QED) is 0.0568. The third-order valence-electron chi connectivity index (χ3n) is 4.15. The fourth-order valence-corrected chi connectivity index (χ4v) is 2.35. The van der Waals surface area contributed by atoms with Gasteiger partial charge >= 0.3 is 24.4 Å². The van der Waals surface area contributed by atoms with Crippen molar-refractivity contribution in [1.82, 2.24) is 0 Å². The summed E-state index contributed by atoms with van der Waals surface area (Å²) in [5.41, 5.74) is 0. The molecule has 0 N–H and O–H groups in total. The molecule has 0 amide bonds. The Morgan fingerprint density at radius 1 is 0.475 bits per heavy atom. The summed E-state index contributed by atoms with van der Waals surface area (Å²) in [5.74, 6) is -3.47. The van der Waals surface area contributed by atoms with Crippen molar-refractivity contribution in [3.05, 3.63) is 0 Å². The van der Waals surface area contributed by atoms with Gasteiger partial charge in [-0.05, 0) is 40.0 Å². The van der Waals surface area contributed by atoms with Gasteiger partial charge < -0.3 is 58.1 Å². The van der Waals surface area contributed by atoms with E-state index in [9.17, 15) is 29.7 Å². The Kier molecular flexibility index (Phi) is 43.5. The smallest absolute Gasteiger partial charge is 0.549 e. The number of carboxylic acid groups (broad SMARTS) is 3. The Morgan fingerprint density at radius 2 is 0.675 bits per heavy atom. The molecule has 0 aromatic carbocycles. The van der Waals surface area contributed by atoms with Crippen LogP contribution in [0.3, 0.4) is 0 Å². The Labute approximate surface area is 272 Å². The SMILES string of the molecule is CCOCCOCCC(S)C(=O)[O-].CCOCCOCCC(S)C(=O)[O-].CCOCCOCCC(S)C(=O)[O-].[Sb+3]. The summed E-state index contributed by atoms with van der Waals surface area (Å²) in [6.45, 7) is 11.9. The summed E-state index contributed by atoms with van der Waals surface area (Å²) in [4.78, 5) is 30.6. The molecule has 0 bridgehead atoms. The van der Waals surface area contributed by atoms with Crippen LogP contribution < -0.4 is 15.3 Å². The summed E-state index contributed by atoms with van der Waals surface area (Å²) in [6, 6.07) is 0. The predicted octanol–water partition coefficient (Wildman–Crippen LogP) is -1.95. The van der Waals surface area contributed by atoms with Gasteiger partial charge in [0.2, 0.25) is 0 Å². The first kappa shape index (κ1) is 47.0. The number of aliphatic carboxylic acids is 3. The van der Waals surface area contributed by atoms with Crippen molar-refractivity contribution in [3.8, 4) is 0 Å². The monoisotopic (exact) mass is 742 g/mol. The molecule has 0 aliphatic heterocycles. The third-order valence-corrected chi connectivity index (χ3v) is 5.56. The number of ether oxygens (including phenoxy) is 6. The topological polar surface area (TPSA) is 176 Å². The summed E-state index contributed by atoms with van der Waals surface area (Å²) >= 11 is 11.4. The zero-order valence-corrected chi connectivity index (χ0v) is 28.8. The maximum absolute atomic E-state index is 10.2. The Balaban J connectivity index is -0.000000240. The fourth-order valence-electron chi connectivity index (χ4n) is 2.03.